The van der Waals surface area contributed by atoms with Gasteiger partial charge in [-0.2, -0.15) is 0 Å². The third-order valence-corrected chi connectivity index (χ3v) is 4.40. The van der Waals surface area contributed by atoms with Crippen molar-refractivity contribution in [2.45, 2.75) is 26.3 Å². The SMILES string of the molecule is CCC(C)[C@H](N)c1c2ccccc2cc2ccccc12.Cl. The summed E-state index contributed by atoms with van der Waals surface area (Å²) in [5, 5.41) is 5.14. The highest BCUT2D eigenvalue weighted by molar-refractivity contribution is 6.02. The van der Waals surface area contributed by atoms with Crippen molar-refractivity contribution in [2.75, 3.05) is 0 Å². The van der Waals surface area contributed by atoms with Gasteiger partial charge in [0.1, 0.15) is 0 Å². The van der Waals surface area contributed by atoms with Gasteiger partial charge in [0.25, 0.3) is 0 Å². The van der Waals surface area contributed by atoms with Crippen molar-refractivity contribution >= 4 is 34.0 Å². The highest BCUT2D eigenvalue weighted by atomic mass is 35.5. The van der Waals surface area contributed by atoms with Crippen LogP contribution in [-0.4, -0.2) is 0 Å². The molecule has 0 bridgehead atoms. The Balaban J connectivity index is 0.00000161. The van der Waals surface area contributed by atoms with E-state index in [1.807, 2.05) is 0 Å². The Labute approximate surface area is 132 Å². The third-order valence-electron chi connectivity index (χ3n) is 4.40. The van der Waals surface area contributed by atoms with Crippen LogP contribution in [0.5, 0.6) is 0 Å². The summed E-state index contributed by atoms with van der Waals surface area (Å²) >= 11 is 0. The second kappa shape index (κ2) is 6.46. The summed E-state index contributed by atoms with van der Waals surface area (Å²) < 4.78 is 0. The van der Waals surface area contributed by atoms with Gasteiger partial charge >= 0.3 is 0 Å². The van der Waals surface area contributed by atoms with Crippen molar-refractivity contribution in [3.05, 3.63) is 60.2 Å². The van der Waals surface area contributed by atoms with Crippen LogP contribution in [0.15, 0.2) is 54.6 Å². The van der Waals surface area contributed by atoms with Crippen molar-refractivity contribution in [1.29, 1.82) is 0 Å². The fourth-order valence-corrected chi connectivity index (χ4v) is 2.95. The molecular weight excluding hydrogens is 278 g/mol. The molecule has 0 fully saturated rings. The van der Waals surface area contributed by atoms with Crippen LogP contribution in [-0.2, 0) is 0 Å². The lowest BCUT2D eigenvalue weighted by molar-refractivity contribution is 0.461. The van der Waals surface area contributed by atoms with E-state index in [0.29, 0.717) is 5.92 Å². The molecule has 0 heterocycles. The fourth-order valence-electron chi connectivity index (χ4n) is 2.95. The highest BCUT2D eigenvalue weighted by Gasteiger charge is 2.18. The molecule has 0 spiro atoms. The van der Waals surface area contributed by atoms with E-state index >= 15 is 0 Å². The first kappa shape index (κ1) is 15.8. The molecule has 0 saturated heterocycles. The monoisotopic (exact) mass is 299 g/mol. The minimum Gasteiger partial charge on any atom is -0.324 e. The maximum absolute atomic E-state index is 6.58. The zero-order valence-corrected chi connectivity index (χ0v) is 13.4. The molecule has 3 aromatic rings. The Kier molecular flexibility index (Phi) is 4.87. The Morgan fingerprint density at radius 3 is 1.86 bits per heavy atom. The van der Waals surface area contributed by atoms with Crippen LogP contribution in [0.1, 0.15) is 31.9 Å². The quantitative estimate of drug-likeness (QED) is 0.638. The molecule has 3 aromatic carbocycles. The van der Waals surface area contributed by atoms with Gasteiger partial charge < -0.3 is 5.73 Å². The topological polar surface area (TPSA) is 26.0 Å². The van der Waals surface area contributed by atoms with Crippen molar-refractivity contribution in [3.8, 4) is 0 Å². The van der Waals surface area contributed by atoms with Crippen molar-refractivity contribution in [3.63, 3.8) is 0 Å². The summed E-state index contributed by atoms with van der Waals surface area (Å²) in [6.45, 7) is 4.44. The van der Waals surface area contributed by atoms with E-state index in [9.17, 15) is 0 Å². The Bertz CT molecular complexity index is 697. The molecule has 0 radical (unpaired) electrons. The van der Waals surface area contributed by atoms with Gasteiger partial charge in [-0.05, 0) is 39.1 Å². The number of halogens is 1. The predicted octanol–water partition coefficient (Wildman–Crippen LogP) is 5.46. The lowest BCUT2D eigenvalue weighted by Crippen LogP contribution is -2.19. The summed E-state index contributed by atoms with van der Waals surface area (Å²) in [4.78, 5) is 0. The Hall–Kier alpha value is -1.57. The van der Waals surface area contributed by atoms with Crippen molar-refractivity contribution < 1.29 is 0 Å². The standard InChI is InChI=1S/C19H21N.ClH/c1-3-13(2)19(20)18-16-10-6-4-8-14(16)12-15-9-5-7-11-17(15)18;/h4-13,19H,3,20H2,1-2H3;1H/t13?,19-;/m0./s1. The van der Waals surface area contributed by atoms with Gasteiger partial charge in [0.2, 0.25) is 0 Å². The van der Waals surface area contributed by atoms with Crippen LogP contribution in [0.3, 0.4) is 0 Å². The van der Waals surface area contributed by atoms with E-state index in [1.165, 1.54) is 27.1 Å². The van der Waals surface area contributed by atoms with Gasteiger partial charge in [-0.15, -0.1) is 12.4 Å². The lowest BCUT2D eigenvalue weighted by atomic mass is 9.86. The molecule has 2 heteroatoms. The molecular formula is C19H22ClN. The van der Waals surface area contributed by atoms with Gasteiger partial charge in [0, 0.05) is 6.04 Å². The van der Waals surface area contributed by atoms with Gasteiger partial charge in [0.15, 0.2) is 0 Å². The number of benzene rings is 3. The third kappa shape index (κ3) is 2.76. The zero-order chi connectivity index (χ0) is 14.1. The molecule has 21 heavy (non-hydrogen) atoms. The fraction of sp³-hybridized carbons (Fsp3) is 0.263. The van der Waals surface area contributed by atoms with E-state index in [0.717, 1.165) is 6.42 Å². The van der Waals surface area contributed by atoms with E-state index < -0.39 is 0 Å². The van der Waals surface area contributed by atoms with Crippen LogP contribution in [0, 0.1) is 5.92 Å². The highest BCUT2D eigenvalue weighted by Crippen LogP contribution is 2.35. The Morgan fingerprint density at radius 1 is 0.905 bits per heavy atom. The first-order chi connectivity index (χ1) is 9.72. The molecule has 0 aliphatic rings. The molecule has 0 aliphatic carbocycles. The maximum Gasteiger partial charge on any atom is 0.0333 e. The zero-order valence-electron chi connectivity index (χ0n) is 12.5. The normalized spacial score (nSPS) is 13.9. The van der Waals surface area contributed by atoms with E-state index in [2.05, 4.69) is 68.4 Å². The molecule has 0 aromatic heterocycles. The molecule has 1 unspecified atom stereocenters. The average Bonchev–Trinajstić information content (AvgIpc) is 2.51. The summed E-state index contributed by atoms with van der Waals surface area (Å²) in [5.74, 6) is 0.476. The van der Waals surface area contributed by atoms with Crippen LogP contribution in [0.4, 0.5) is 0 Å². The first-order valence-corrected chi connectivity index (χ1v) is 7.38. The summed E-state index contributed by atoms with van der Waals surface area (Å²) in [7, 11) is 0. The van der Waals surface area contributed by atoms with Crippen LogP contribution in [0.2, 0.25) is 0 Å². The number of hydrogen-bond acceptors (Lipinski definition) is 1. The lowest BCUT2D eigenvalue weighted by Gasteiger charge is -2.22. The van der Waals surface area contributed by atoms with Gasteiger partial charge in [-0.3, -0.25) is 0 Å². The van der Waals surface area contributed by atoms with Gasteiger partial charge in [-0.25, -0.2) is 0 Å². The summed E-state index contributed by atoms with van der Waals surface area (Å²) in [6.07, 6.45) is 1.10. The van der Waals surface area contributed by atoms with E-state index in [4.69, 9.17) is 5.73 Å². The molecule has 0 saturated carbocycles. The number of hydrogen-bond donors (Lipinski definition) is 1. The summed E-state index contributed by atoms with van der Waals surface area (Å²) in [6, 6.07) is 19.5. The predicted molar refractivity (Wildman–Crippen MR) is 95.1 cm³/mol. The van der Waals surface area contributed by atoms with E-state index in [1.54, 1.807) is 0 Å². The second-order valence-electron chi connectivity index (χ2n) is 5.64. The Morgan fingerprint density at radius 2 is 1.38 bits per heavy atom. The minimum atomic E-state index is 0. The summed E-state index contributed by atoms with van der Waals surface area (Å²) in [5.41, 5.74) is 7.88. The maximum atomic E-state index is 6.58. The van der Waals surface area contributed by atoms with Crippen molar-refractivity contribution in [2.24, 2.45) is 11.7 Å². The minimum absolute atomic E-state index is 0. The molecule has 0 amide bonds. The molecule has 0 aliphatic heterocycles. The van der Waals surface area contributed by atoms with E-state index in [-0.39, 0.29) is 18.4 Å². The van der Waals surface area contributed by atoms with Crippen LogP contribution >= 0.6 is 12.4 Å². The number of nitrogens with two attached hydrogens (primary N) is 1. The first-order valence-electron chi connectivity index (χ1n) is 7.38. The second-order valence-corrected chi connectivity index (χ2v) is 5.64. The van der Waals surface area contributed by atoms with Crippen LogP contribution < -0.4 is 5.73 Å². The van der Waals surface area contributed by atoms with Gasteiger partial charge in [-0.1, -0.05) is 68.8 Å². The molecule has 110 valence electrons. The smallest absolute Gasteiger partial charge is 0.0333 e. The molecule has 2 atom stereocenters. The number of fused-ring (bicyclic) bond motifs is 2. The molecule has 2 N–H and O–H groups in total. The van der Waals surface area contributed by atoms with Crippen LogP contribution in [0.25, 0.3) is 21.5 Å². The largest absolute Gasteiger partial charge is 0.324 e. The molecule has 3 rings (SSSR count). The average molecular weight is 300 g/mol. The molecule has 1 nitrogen and oxygen atoms in total. The van der Waals surface area contributed by atoms with Gasteiger partial charge in [0.05, 0.1) is 0 Å². The van der Waals surface area contributed by atoms with Crippen molar-refractivity contribution in [1.82, 2.24) is 0 Å². The number of rotatable bonds is 3.